The van der Waals surface area contributed by atoms with E-state index in [1.807, 2.05) is 11.0 Å². The second kappa shape index (κ2) is 8.82. The lowest BCUT2D eigenvalue weighted by atomic mass is 10.00. The summed E-state index contributed by atoms with van der Waals surface area (Å²) in [5, 5.41) is 20.0. The van der Waals surface area contributed by atoms with Gasteiger partial charge in [-0.15, -0.1) is 11.3 Å². The van der Waals surface area contributed by atoms with Crippen LogP contribution in [0.25, 0.3) is 22.6 Å². The molecule has 2 aliphatic rings. The van der Waals surface area contributed by atoms with Crippen LogP contribution < -0.4 is 0 Å². The van der Waals surface area contributed by atoms with Gasteiger partial charge in [0.05, 0.1) is 34.9 Å². The minimum Gasteiger partial charge on any atom is -0.478 e. The van der Waals surface area contributed by atoms with E-state index in [0.29, 0.717) is 29.3 Å². The van der Waals surface area contributed by atoms with Gasteiger partial charge in [-0.1, -0.05) is 6.92 Å². The Balaban J connectivity index is 1.27. The molecule has 1 unspecified atom stereocenters. The molecule has 11 heteroatoms. The van der Waals surface area contributed by atoms with E-state index in [1.165, 1.54) is 33.6 Å². The minimum absolute atomic E-state index is 0.0112. The summed E-state index contributed by atoms with van der Waals surface area (Å²) in [4.78, 5) is 32.9. The van der Waals surface area contributed by atoms with Gasteiger partial charge in [-0.2, -0.15) is 10.2 Å². The highest BCUT2D eigenvalue weighted by atomic mass is 32.1. The predicted octanol–water partition coefficient (Wildman–Crippen LogP) is 5.29. The van der Waals surface area contributed by atoms with Crippen LogP contribution in [0.2, 0.25) is 0 Å². The normalized spacial score (nSPS) is 17.7. The number of amides is 1. The van der Waals surface area contributed by atoms with Crippen LogP contribution in [0.5, 0.6) is 0 Å². The molecule has 1 aliphatic heterocycles. The molecule has 1 amide bonds. The molecule has 40 heavy (non-hydrogen) atoms. The third-order valence-corrected chi connectivity index (χ3v) is 9.12. The molecule has 1 N–H and O–H groups in total. The van der Waals surface area contributed by atoms with Gasteiger partial charge < -0.3 is 10.0 Å². The third kappa shape index (κ3) is 3.91. The molecule has 5 aromatic rings. The molecule has 5 heterocycles. The summed E-state index contributed by atoms with van der Waals surface area (Å²) >= 11 is 1.73. The SMILES string of the molecule is CC1c2ccsc2CCN1C(=O)c1cc(C2(C)CC2)n2nc(-c3ccc(-n4cc(C(=O)O)cn4)cc3F)cc2n1. The van der Waals surface area contributed by atoms with Gasteiger partial charge in [0.1, 0.15) is 11.5 Å². The molecule has 0 saturated heterocycles. The van der Waals surface area contributed by atoms with Crippen LogP contribution in [0.3, 0.4) is 0 Å². The standard InChI is InChI=1S/C29H25FN6O3S/c1-16-19-6-10-40-24(19)5-9-34(16)27(37)23-12-25(29(2)7-8-29)36-26(32-23)13-22(33-36)20-4-3-18(11-21(20)30)35-15-17(14-31-35)28(38)39/h3-4,6,10-16H,5,7-9H2,1-2H3,(H,38,39). The number of thiophene rings is 1. The Morgan fingerprint density at radius 1 is 1.18 bits per heavy atom. The maximum Gasteiger partial charge on any atom is 0.338 e. The van der Waals surface area contributed by atoms with E-state index in [1.54, 1.807) is 34.1 Å². The van der Waals surface area contributed by atoms with Crippen LogP contribution in [0.15, 0.2) is 54.2 Å². The number of fused-ring (bicyclic) bond motifs is 2. The lowest BCUT2D eigenvalue weighted by molar-refractivity contribution is 0.0670. The zero-order valence-corrected chi connectivity index (χ0v) is 22.7. The van der Waals surface area contributed by atoms with Gasteiger partial charge in [-0.05, 0) is 61.4 Å². The molecular weight excluding hydrogens is 531 g/mol. The number of carbonyl (C=O) groups is 2. The summed E-state index contributed by atoms with van der Waals surface area (Å²) in [7, 11) is 0. The van der Waals surface area contributed by atoms with Gasteiger partial charge in [0.15, 0.2) is 5.65 Å². The van der Waals surface area contributed by atoms with Crippen LogP contribution in [0.4, 0.5) is 4.39 Å². The highest BCUT2D eigenvalue weighted by Crippen LogP contribution is 2.48. The van der Waals surface area contributed by atoms with Gasteiger partial charge in [-0.3, -0.25) is 4.79 Å². The lowest BCUT2D eigenvalue weighted by Gasteiger charge is -2.33. The van der Waals surface area contributed by atoms with Crippen molar-refractivity contribution >= 4 is 28.9 Å². The number of halogens is 1. The first-order chi connectivity index (χ1) is 19.2. The smallest absolute Gasteiger partial charge is 0.338 e. The van der Waals surface area contributed by atoms with Crippen molar-refractivity contribution in [2.75, 3.05) is 6.54 Å². The Labute approximate surface area is 232 Å². The van der Waals surface area contributed by atoms with Crippen molar-refractivity contribution in [3.63, 3.8) is 0 Å². The topological polar surface area (TPSA) is 106 Å². The number of hydrogen-bond donors (Lipinski definition) is 1. The number of aromatic nitrogens is 5. The van der Waals surface area contributed by atoms with Crippen LogP contribution in [0, 0.1) is 5.82 Å². The molecule has 9 nitrogen and oxygen atoms in total. The number of carbonyl (C=O) groups excluding carboxylic acids is 1. The van der Waals surface area contributed by atoms with Crippen molar-refractivity contribution in [1.29, 1.82) is 0 Å². The second-order valence-corrected chi connectivity index (χ2v) is 11.8. The Morgan fingerprint density at radius 3 is 2.73 bits per heavy atom. The molecule has 0 bridgehead atoms. The summed E-state index contributed by atoms with van der Waals surface area (Å²) in [6.45, 7) is 4.84. The van der Waals surface area contributed by atoms with E-state index < -0.39 is 11.8 Å². The van der Waals surface area contributed by atoms with E-state index >= 15 is 4.39 Å². The van der Waals surface area contributed by atoms with Crippen LogP contribution in [0.1, 0.15) is 69.7 Å². The van der Waals surface area contributed by atoms with Gasteiger partial charge >= 0.3 is 5.97 Å². The van der Waals surface area contributed by atoms with Gasteiger partial charge in [0, 0.05) is 40.7 Å². The molecule has 1 atom stereocenters. The molecule has 1 fully saturated rings. The van der Waals surface area contributed by atoms with Crippen molar-refractivity contribution in [3.8, 4) is 16.9 Å². The summed E-state index contributed by atoms with van der Waals surface area (Å²) < 4.78 is 18.4. The molecule has 1 aliphatic carbocycles. The first kappa shape index (κ1) is 24.6. The van der Waals surface area contributed by atoms with E-state index in [4.69, 9.17) is 15.2 Å². The number of carboxylic acids is 1. The fourth-order valence-corrected chi connectivity index (χ4v) is 6.41. The van der Waals surface area contributed by atoms with Crippen molar-refractivity contribution in [1.82, 2.24) is 29.3 Å². The quantitative estimate of drug-likeness (QED) is 0.315. The fraction of sp³-hybridized carbons (Fsp3) is 0.276. The van der Waals surface area contributed by atoms with Crippen LogP contribution >= 0.6 is 11.3 Å². The number of aromatic carboxylic acids is 1. The largest absolute Gasteiger partial charge is 0.478 e. The van der Waals surface area contributed by atoms with E-state index in [9.17, 15) is 9.59 Å². The Morgan fingerprint density at radius 2 is 2.00 bits per heavy atom. The highest BCUT2D eigenvalue weighted by molar-refractivity contribution is 7.10. The number of nitrogens with zero attached hydrogens (tertiary/aromatic N) is 6. The first-order valence-corrected chi connectivity index (χ1v) is 14.0. The Bertz CT molecular complexity index is 1830. The summed E-state index contributed by atoms with van der Waals surface area (Å²) in [6.07, 6.45) is 5.31. The van der Waals surface area contributed by atoms with Crippen LogP contribution in [-0.4, -0.2) is 52.8 Å². The Hall–Kier alpha value is -4.38. The van der Waals surface area contributed by atoms with E-state index in [2.05, 4.69) is 30.4 Å². The molecule has 4 aromatic heterocycles. The maximum absolute atomic E-state index is 15.4. The van der Waals surface area contributed by atoms with E-state index in [0.717, 1.165) is 25.0 Å². The average Bonchev–Trinajstić information content (AvgIpc) is 3.36. The zero-order chi connectivity index (χ0) is 27.8. The second-order valence-electron chi connectivity index (χ2n) is 10.8. The minimum atomic E-state index is -1.11. The van der Waals surface area contributed by atoms with Crippen molar-refractivity contribution < 1.29 is 19.1 Å². The predicted molar refractivity (Wildman–Crippen MR) is 147 cm³/mol. The molecule has 0 spiro atoms. The number of rotatable bonds is 5. The molecule has 0 radical (unpaired) electrons. The van der Waals surface area contributed by atoms with E-state index in [-0.39, 0.29) is 28.5 Å². The first-order valence-electron chi connectivity index (χ1n) is 13.1. The number of hydrogen-bond acceptors (Lipinski definition) is 6. The fourth-order valence-electron chi connectivity index (χ4n) is 5.45. The van der Waals surface area contributed by atoms with Crippen molar-refractivity contribution in [2.24, 2.45) is 0 Å². The molecule has 202 valence electrons. The zero-order valence-electron chi connectivity index (χ0n) is 21.8. The number of carboxylic acid groups (broad SMARTS) is 1. The third-order valence-electron chi connectivity index (χ3n) is 8.13. The molecular formula is C29H25FN6O3S. The van der Waals surface area contributed by atoms with Gasteiger partial charge in [0.25, 0.3) is 5.91 Å². The molecule has 1 saturated carbocycles. The Kier molecular flexibility index (Phi) is 5.43. The summed E-state index contributed by atoms with van der Waals surface area (Å²) in [5.41, 5.74) is 3.89. The number of benzene rings is 1. The van der Waals surface area contributed by atoms with Crippen molar-refractivity contribution in [2.45, 2.75) is 44.6 Å². The molecule has 1 aromatic carbocycles. The van der Waals surface area contributed by atoms with Crippen molar-refractivity contribution in [3.05, 3.63) is 87.4 Å². The summed E-state index contributed by atoms with van der Waals surface area (Å²) in [6, 6.07) is 10.2. The lowest BCUT2D eigenvalue weighted by Crippen LogP contribution is -2.38. The molecule has 7 rings (SSSR count). The summed E-state index contributed by atoms with van der Waals surface area (Å²) in [5.74, 6) is -1.75. The maximum atomic E-state index is 15.4. The van der Waals surface area contributed by atoms with Gasteiger partial charge in [0.2, 0.25) is 0 Å². The average molecular weight is 557 g/mol. The monoisotopic (exact) mass is 556 g/mol. The van der Waals surface area contributed by atoms with Crippen LogP contribution in [-0.2, 0) is 11.8 Å². The highest BCUT2D eigenvalue weighted by Gasteiger charge is 2.42. The van der Waals surface area contributed by atoms with Gasteiger partial charge in [-0.25, -0.2) is 23.4 Å².